The molecule has 10 aromatic rings. The summed E-state index contributed by atoms with van der Waals surface area (Å²) in [5, 5.41) is 0. The zero-order chi connectivity index (χ0) is 59.5. The minimum atomic E-state index is -0.250. The summed E-state index contributed by atoms with van der Waals surface area (Å²) < 4.78 is 28.6. The van der Waals surface area contributed by atoms with Gasteiger partial charge < -0.3 is 9.80 Å². The van der Waals surface area contributed by atoms with Crippen LogP contribution in [0.2, 0.25) is 0 Å². The van der Waals surface area contributed by atoms with Crippen LogP contribution < -0.4 is 9.80 Å². The lowest BCUT2D eigenvalue weighted by Crippen LogP contribution is -2.17. The van der Waals surface area contributed by atoms with Crippen molar-refractivity contribution in [1.29, 1.82) is 0 Å². The predicted octanol–water partition coefficient (Wildman–Crippen LogP) is 22.8. The van der Waals surface area contributed by atoms with Crippen LogP contribution in [-0.2, 0) is 27.1 Å². The van der Waals surface area contributed by atoms with Crippen LogP contribution in [0.3, 0.4) is 0 Å². The highest BCUT2D eigenvalue weighted by Crippen LogP contribution is 2.54. The summed E-state index contributed by atoms with van der Waals surface area (Å²) in [6.07, 6.45) is 9.04. The first-order chi connectivity index (χ1) is 40.4. The first-order valence-corrected chi connectivity index (χ1v) is 30.0. The van der Waals surface area contributed by atoms with E-state index in [4.69, 9.17) is 0 Å². The number of benzene rings is 10. The average molecular weight is 1110 g/mol. The van der Waals surface area contributed by atoms with Crippen LogP contribution in [0.1, 0.15) is 150 Å². The lowest BCUT2D eigenvalue weighted by Gasteiger charge is -2.29. The summed E-state index contributed by atoms with van der Waals surface area (Å²) in [6.45, 7) is 27.4. The molecule has 0 bridgehead atoms. The van der Waals surface area contributed by atoms with Gasteiger partial charge >= 0.3 is 0 Å². The zero-order valence-corrected chi connectivity index (χ0v) is 51.1. The second kappa shape index (κ2) is 20.2. The van der Waals surface area contributed by atoms with Crippen molar-refractivity contribution >= 4 is 58.4 Å². The first-order valence-electron chi connectivity index (χ1n) is 30.0. The Hall–Kier alpha value is -8.86. The molecule has 2 nitrogen and oxygen atoms in total. The lowest BCUT2D eigenvalue weighted by molar-refractivity contribution is 0.590. The number of hydrogen-bond acceptors (Lipinski definition) is 2. The second-order valence-corrected chi connectivity index (χ2v) is 27.4. The topological polar surface area (TPSA) is 6.48 Å². The van der Waals surface area contributed by atoms with Crippen molar-refractivity contribution in [2.45, 2.75) is 110 Å². The third kappa shape index (κ3) is 9.74. The van der Waals surface area contributed by atoms with E-state index in [9.17, 15) is 8.78 Å². The van der Waals surface area contributed by atoms with Gasteiger partial charge in [-0.05, 0) is 208 Å². The van der Waals surface area contributed by atoms with Crippen LogP contribution >= 0.6 is 0 Å². The minimum Gasteiger partial charge on any atom is -0.310 e. The molecule has 85 heavy (non-hydrogen) atoms. The van der Waals surface area contributed by atoms with E-state index in [2.05, 4.69) is 275 Å². The molecule has 0 amide bonds. The number of nitrogens with zero attached hydrogens (tertiary/aromatic N) is 2. The Labute approximate surface area is 502 Å². The Morgan fingerprint density at radius 2 is 0.482 bits per heavy atom. The van der Waals surface area contributed by atoms with Gasteiger partial charge in [0, 0.05) is 50.4 Å². The molecule has 0 spiro atoms. The van der Waals surface area contributed by atoms with Gasteiger partial charge in [0.05, 0.1) is 0 Å². The molecular weight excluding hydrogens is 1040 g/mol. The predicted molar refractivity (Wildman–Crippen MR) is 357 cm³/mol. The van der Waals surface area contributed by atoms with Crippen LogP contribution in [-0.4, -0.2) is 0 Å². The van der Waals surface area contributed by atoms with Gasteiger partial charge in [0.2, 0.25) is 0 Å². The fourth-order valence-corrected chi connectivity index (χ4v) is 13.6. The zero-order valence-electron chi connectivity index (χ0n) is 51.1. The van der Waals surface area contributed by atoms with E-state index in [1.165, 1.54) is 100 Å². The van der Waals surface area contributed by atoms with E-state index in [0.29, 0.717) is 0 Å². The molecule has 10 aromatic carbocycles. The number of rotatable bonds is 10. The molecule has 0 aromatic heterocycles. The summed E-state index contributed by atoms with van der Waals surface area (Å²) in [4.78, 5) is 4.47. The highest BCUT2D eigenvalue weighted by Gasteiger charge is 2.39. The molecule has 422 valence electrons. The van der Waals surface area contributed by atoms with Gasteiger partial charge in [-0.15, -0.1) is 0 Å². The molecule has 0 unspecified atom stereocenters. The Kier molecular flexibility index (Phi) is 13.1. The molecule has 13 rings (SSSR count). The molecule has 0 radical (unpaired) electrons. The molecule has 0 saturated carbocycles. The van der Waals surface area contributed by atoms with Crippen LogP contribution in [0.25, 0.3) is 57.7 Å². The number of hydrogen-bond donors (Lipinski definition) is 0. The highest BCUT2D eigenvalue weighted by atomic mass is 19.1. The molecular formula is C81H74F2N2. The quantitative estimate of drug-likeness (QED) is 0.126. The summed E-state index contributed by atoms with van der Waals surface area (Å²) >= 11 is 0. The van der Waals surface area contributed by atoms with Gasteiger partial charge in [-0.1, -0.05) is 217 Å². The van der Waals surface area contributed by atoms with Crippen molar-refractivity contribution in [2.75, 3.05) is 9.80 Å². The van der Waals surface area contributed by atoms with E-state index >= 15 is 0 Å². The first kappa shape index (κ1) is 55.3. The van der Waals surface area contributed by atoms with E-state index in [-0.39, 0.29) is 38.7 Å². The fourth-order valence-electron chi connectivity index (χ4n) is 13.6. The Bertz CT molecular complexity index is 4050. The maximum Gasteiger partial charge on any atom is 0.123 e. The molecule has 0 aliphatic heterocycles. The summed E-state index contributed by atoms with van der Waals surface area (Å²) in [7, 11) is 0. The van der Waals surface area contributed by atoms with Crippen molar-refractivity contribution in [3.05, 3.63) is 285 Å². The normalized spacial score (nSPS) is 14.9. The second-order valence-electron chi connectivity index (χ2n) is 27.4. The molecule has 3 aliphatic carbocycles. The smallest absolute Gasteiger partial charge is 0.123 e. The SMILES string of the molecule is CC(C)(C)c1ccc(N(c2ccc(F)cc2)c2ccc3c(c2)C(C)(C)c2cc(C=Cc4ccc5c(c4)C(C)(C)c4cc(C=Cc6ccc7c(c6)C(C)(C)c6cc(N(c8ccc(F)cc8)c8ccc(C(C)(C)C)cc8)ccc6-7)ccc4-5)ccc2-3)cc1. The molecule has 0 saturated heterocycles. The largest absolute Gasteiger partial charge is 0.310 e. The fraction of sp³-hybridized carbons (Fsp3) is 0.210. The highest BCUT2D eigenvalue weighted by molar-refractivity contribution is 5.90. The van der Waals surface area contributed by atoms with Gasteiger partial charge in [-0.25, -0.2) is 8.78 Å². The lowest BCUT2D eigenvalue weighted by atomic mass is 9.81. The standard InChI is InChI=1S/C81H74F2N2/c1-77(2,3)55-21-29-59(30-22-55)84(61-33-25-57(82)26-34-61)63-37-43-69-67-41-19-53(47-73(67)80(9,10)75(69)49-63)15-13-51-17-39-65-66-40-18-52(46-72(66)79(7,8)71(65)45-51)14-16-54-20-42-68-70-44-38-64(50-76(70)81(11,12)74(68)48-54)85(62-35-27-58(83)28-36-62)60-31-23-56(24-32-60)78(4,5)6/h13-50H,1-12H3. The summed E-state index contributed by atoms with van der Waals surface area (Å²) in [5.74, 6) is -0.500. The Balaban J connectivity index is 0.725. The van der Waals surface area contributed by atoms with Crippen molar-refractivity contribution < 1.29 is 8.78 Å². The van der Waals surface area contributed by atoms with Gasteiger partial charge in [0.1, 0.15) is 11.6 Å². The van der Waals surface area contributed by atoms with E-state index in [0.717, 1.165) is 34.1 Å². The molecule has 0 fully saturated rings. The van der Waals surface area contributed by atoms with Crippen LogP contribution in [0.4, 0.5) is 42.9 Å². The Morgan fingerprint density at radius 3 is 0.729 bits per heavy atom. The molecule has 4 heteroatoms. The van der Waals surface area contributed by atoms with Gasteiger partial charge in [0.25, 0.3) is 0 Å². The van der Waals surface area contributed by atoms with E-state index in [1.54, 1.807) is 24.3 Å². The number of anilines is 6. The minimum absolute atomic E-state index is 0.0304. The summed E-state index contributed by atoms with van der Waals surface area (Å²) in [5.41, 5.74) is 28.1. The number of halogens is 2. The van der Waals surface area contributed by atoms with Crippen LogP contribution in [0.5, 0.6) is 0 Å². The maximum absolute atomic E-state index is 14.3. The van der Waals surface area contributed by atoms with Crippen molar-refractivity contribution in [1.82, 2.24) is 0 Å². The number of fused-ring (bicyclic) bond motifs is 9. The van der Waals surface area contributed by atoms with Gasteiger partial charge in [-0.3, -0.25) is 0 Å². The third-order valence-corrected chi connectivity index (χ3v) is 18.7. The van der Waals surface area contributed by atoms with E-state index in [1.807, 2.05) is 24.3 Å². The molecule has 0 N–H and O–H groups in total. The Morgan fingerprint density at radius 1 is 0.271 bits per heavy atom. The van der Waals surface area contributed by atoms with Crippen molar-refractivity contribution in [3.8, 4) is 33.4 Å². The molecule has 0 heterocycles. The van der Waals surface area contributed by atoms with Crippen molar-refractivity contribution in [2.24, 2.45) is 0 Å². The summed E-state index contributed by atoms with van der Waals surface area (Å²) in [6, 6.07) is 72.5. The van der Waals surface area contributed by atoms with Crippen LogP contribution in [0.15, 0.2) is 206 Å². The average Bonchev–Trinajstić information content (AvgIpc) is 1.71. The van der Waals surface area contributed by atoms with Gasteiger partial charge in [0.15, 0.2) is 0 Å². The van der Waals surface area contributed by atoms with Gasteiger partial charge in [-0.2, -0.15) is 0 Å². The third-order valence-electron chi connectivity index (χ3n) is 18.7. The molecule has 0 atom stereocenters. The molecule has 3 aliphatic rings. The monoisotopic (exact) mass is 1110 g/mol. The van der Waals surface area contributed by atoms with Crippen molar-refractivity contribution in [3.63, 3.8) is 0 Å². The van der Waals surface area contributed by atoms with E-state index < -0.39 is 0 Å². The maximum atomic E-state index is 14.3. The van der Waals surface area contributed by atoms with Crippen LogP contribution in [0, 0.1) is 11.6 Å².